The maximum Gasteiger partial charge on any atom is 0.00886 e. The van der Waals surface area contributed by atoms with E-state index >= 15 is 0 Å². The molecular formula is C27H52. The Morgan fingerprint density at radius 3 is 1.33 bits per heavy atom. The molecule has 2 unspecified atom stereocenters. The van der Waals surface area contributed by atoms with Gasteiger partial charge in [-0.2, -0.15) is 0 Å². The van der Waals surface area contributed by atoms with Crippen molar-refractivity contribution in [3.05, 3.63) is 0 Å². The average Bonchev–Trinajstić information content (AvgIpc) is 2.66. The predicted octanol–water partition coefficient (Wildman–Crippen LogP) is 9.71. The van der Waals surface area contributed by atoms with Gasteiger partial charge >= 0.3 is 0 Å². The van der Waals surface area contributed by atoms with E-state index in [1.807, 2.05) is 0 Å². The molecule has 0 heteroatoms. The van der Waals surface area contributed by atoms with Crippen molar-refractivity contribution in [1.82, 2.24) is 0 Å². The van der Waals surface area contributed by atoms with Gasteiger partial charge < -0.3 is 0 Å². The van der Waals surface area contributed by atoms with Gasteiger partial charge in [0.05, 0.1) is 0 Å². The van der Waals surface area contributed by atoms with Crippen LogP contribution in [0.1, 0.15) is 150 Å². The van der Waals surface area contributed by atoms with E-state index in [9.17, 15) is 0 Å². The minimum absolute atomic E-state index is 0.947. The summed E-state index contributed by atoms with van der Waals surface area (Å²) in [5, 5.41) is 0. The van der Waals surface area contributed by atoms with Crippen molar-refractivity contribution in [2.24, 2.45) is 11.8 Å². The molecule has 0 saturated heterocycles. The zero-order valence-corrected chi connectivity index (χ0v) is 19.6. The molecule has 0 aliphatic rings. The first-order valence-corrected chi connectivity index (χ1v) is 12.7. The second kappa shape index (κ2) is 21.9. The van der Waals surface area contributed by atoms with Gasteiger partial charge in [-0.25, -0.2) is 0 Å². The van der Waals surface area contributed by atoms with Crippen LogP contribution in [0.4, 0.5) is 0 Å². The number of unbranched alkanes of at least 4 members (excludes halogenated alkanes) is 11. The maximum absolute atomic E-state index is 3.25. The topological polar surface area (TPSA) is 0 Å². The summed E-state index contributed by atoms with van der Waals surface area (Å²) < 4.78 is 0. The molecule has 0 amide bonds. The molecule has 0 aliphatic heterocycles. The van der Waals surface area contributed by atoms with Crippen LogP contribution in [0.3, 0.4) is 0 Å². The van der Waals surface area contributed by atoms with Gasteiger partial charge in [0.2, 0.25) is 0 Å². The van der Waals surface area contributed by atoms with Crippen LogP contribution in [0, 0.1) is 23.7 Å². The molecule has 0 aromatic rings. The van der Waals surface area contributed by atoms with E-state index in [0.29, 0.717) is 0 Å². The smallest absolute Gasteiger partial charge is 0.00886 e. The highest BCUT2D eigenvalue weighted by Crippen LogP contribution is 2.20. The van der Waals surface area contributed by atoms with E-state index < -0.39 is 0 Å². The minimum atomic E-state index is 0.947. The zero-order chi connectivity index (χ0) is 20.0. The number of rotatable bonds is 19. The molecule has 0 fully saturated rings. The summed E-state index contributed by atoms with van der Waals surface area (Å²) in [6, 6.07) is 0. The summed E-state index contributed by atoms with van der Waals surface area (Å²) in [6.07, 6.45) is 26.5. The molecule has 0 N–H and O–H groups in total. The van der Waals surface area contributed by atoms with Crippen molar-refractivity contribution < 1.29 is 0 Å². The Labute approximate surface area is 173 Å². The van der Waals surface area contributed by atoms with Gasteiger partial charge in [0.1, 0.15) is 0 Å². The van der Waals surface area contributed by atoms with Crippen LogP contribution in [-0.2, 0) is 0 Å². The first-order chi connectivity index (χ1) is 13.2. The lowest BCUT2D eigenvalue weighted by molar-refractivity contribution is 0.414. The van der Waals surface area contributed by atoms with E-state index in [-0.39, 0.29) is 0 Å². The van der Waals surface area contributed by atoms with E-state index in [1.54, 1.807) is 0 Å². The van der Waals surface area contributed by atoms with E-state index in [4.69, 9.17) is 0 Å². The van der Waals surface area contributed by atoms with Crippen LogP contribution >= 0.6 is 0 Å². The molecule has 0 aliphatic carbocycles. The zero-order valence-electron chi connectivity index (χ0n) is 19.6. The second-order valence-corrected chi connectivity index (χ2v) is 9.06. The molecular weight excluding hydrogens is 324 g/mol. The molecule has 2 atom stereocenters. The highest BCUT2D eigenvalue weighted by Gasteiger charge is 2.04. The highest BCUT2D eigenvalue weighted by molar-refractivity contribution is 4.97. The second-order valence-electron chi connectivity index (χ2n) is 9.06. The van der Waals surface area contributed by atoms with Crippen LogP contribution in [0.5, 0.6) is 0 Å². The molecule has 0 aromatic carbocycles. The fourth-order valence-electron chi connectivity index (χ4n) is 4.00. The lowest BCUT2D eigenvalue weighted by Crippen LogP contribution is -1.96. The van der Waals surface area contributed by atoms with Crippen molar-refractivity contribution in [1.29, 1.82) is 0 Å². The monoisotopic (exact) mass is 376 g/mol. The summed E-state index contributed by atoms with van der Waals surface area (Å²) >= 11 is 0. The van der Waals surface area contributed by atoms with Gasteiger partial charge in [0.25, 0.3) is 0 Å². The van der Waals surface area contributed by atoms with Gasteiger partial charge in [-0.3, -0.25) is 0 Å². The van der Waals surface area contributed by atoms with Crippen molar-refractivity contribution in [2.45, 2.75) is 150 Å². The molecule has 0 nitrogen and oxygen atoms in total. The Bertz CT molecular complexity index is 332. The third-order valence-electron chi connectivity index (χ3n) is 5.99. The van der Waals surface area contributed by atoms with Crippen molar-refractivity contribution in [2.75, 3.05) is 0 Å². The van der Waals surface area contributed by atoms with Gasteiger partial charge in [-0.1, -0.05) is 130 Å². The SMILES string of the molecule is CCC#CCCCCCCCCC(C)CCCCCCC(C)CCCCC. The molecule has 160 valence electrons. The van der Waals surface area contributed by atoms with Gasteiger partial charge in [0.15, 0.2) is 0 Å². The first kappa shape index (κ1) is 26.6. The molecule has 0 bridgehead atoms. The number of hydrogen-bond acceptors (Lipinski definition) is 0. The van der Waals surface area contributed by atoms with Gasteiger partial charge in [-0.05, 0) is 18.3 Å². The van der Waals surface area contributed by atoms with Crippen LogP contribution in [0.25, 0.3) is 0 Å². The Morgan fingerprint density at radius 1 is 0.481 bits per heavy atom. The first-order valence-electron chi connectivity index (χ1n) is 12.7. The lowest BCUT2D eigenvalue weighted by atomic mass is 9.94. The van der Waals surface area contributed by atoms with Crippen LogP contribution in [0.2, 0.25) is 0 Å². The standard InChI is InChI=1S/C27H52/c1-5-7-9-10-11-12-13-14-15-19-23-27(4)25-21-17-16-20-24-26(3)22-18-8-6-2/h26-27H,5-6,8,10-25H2,1-4H3. The molecule has 27 heavy (non-hydrogen) atoms. The van der Waals surface area contributed by atoms with E-state index in [1.165, 1.54) is 109 Å². The van der Waals surface area contributed by atoms with Crippen LogP contribution in [0.15, 0.2) is 0 Å². The summed E-state index contributed by atoms with van der Waals surface area (Å²) in [4.78, 5) is 0. The van der Waals surface area contributed by atoms with Crippen molar-refractivity contribution in [3.63, 3.8) is 0 Å². The summed E-state index contributed by atoms with van der Waals surface area (Å²) in [7, 11) is 0. The average molecular weight is 377 g/mol. The number of hydrogen-bond donors (Lipinski definition) is 0. The fourth-order valence-corrected chi connectivity index (χ4v) is 4.00. The lowest BCUT2D eigenvalue weighted by Gasteiger charge is -2.12. The molecule has 0 radical (unpaired) electrons. The molecule has 0 heterocycles. The highest BCUT2D eigenvalue weighted by atomic mass is 14.1. The molecule has 0 rings (SSSR count). The predicted molar refractivity (Wildman–Crippen MR) is 125 cm³/mol. The normalized spacial score (nSPS) is 13.2. The Hall–Kier alpha value is -0.440. The fraction of sp³-hybridized carbons (Fsp3) is 0.926. The quantitative estimate of drug-likeness (QED) is 0.155. The summed E-state index contributed by atoms with van der Waals surface area (Å²) in [6.45, 7) is 9.36. The minimum Gasteiger partial charge on any atom is -0.104 e. The molecule has 0 aromatic heterocycles. The van der Waals surface area contributed by atoms with Gasteiger partial charge in [-0.15, -0.1) is 11.8 Å². The maximum atomic E-state index is 3.25. The molecule has 0 saturated carbocycles. The Balaban J connectivity index is 3.27. The molecule has 0 spiro atoms. The van der Waals surface area contributed by atoms with Crippen molar-refractivity contribution >= 4 is 0 Å². The van der Waals surface area contributed by atoms with E-state index in [0.717, 1.165) is 24.7 Å². The third kappa shape index (κ3) is 21.7. The summed E-state index contributed by atoms with van der Waals surface area (Å²) in [5.41, 5.74) is 0. The largest absolute Gasteiger partial charge is 0.104 e. The summed E-state index contributed by atoms with van der Waals surface area (Å²) in [5.74, 6) is 8.32. The van der Waals surface area contributed by atoms with Crippen LogP contribution in [-0.4, -0.2) is 0 Å². The van der Waals surface area contributed by atoms with E-state index in [2.05, 4.69) is 39.5 Å². The van der Waals surface area contributed by atoms with Crippen LogP contribution < -0.4 is 0 Å². The van der Waals surface area contributed by atoms with Gasteiger partial charge in [0, 0.05) is 12.8 Å². The third-order valence-corrected chi connectivity index (χ3v) is 5.99. The van der Waals surface area contributed by atoms with Crippen molar-refractivity contribution in [3.8, 4) is 11.8 Å². The Kier molecular flexibility index (Phi) is 21.5. The Morgan fingerprint density at radius 2 is 0.889 bits per heavy atom.